The predicted molar refractivity (Wildman–Crippen MR) is 87.8 cm³/mol. The van der Waals surface area contributed by atoms with Crippen LogP contribution in [0.25, 0.3) is 0 Å². The zero-order chi connectivity index (χ0) is 15.2. The number of carbonyl (C=O) groups excluding carboxylic acids is 1. The normalized spacial score (nSPS) is 29.3. The molecule has 0 spiro atoms. The lowest BCUT2D eigenvalue weighted by molar-refractivity contribution is -0.133. The van der Waals surface area contributed by atoms with Crippen LogP contribution in [-0.4, -0.2) is 61.1 Å². The Bertz CT molecular complexity index is 349. The summed E-state index contributed by atoms with van der Waals surface area (Å²) in [6.45, 7) is 5.82. The Balaban J connectivity index is 1.45. The van der Waals surface area contributed by atoms with Crippen LogP contribution in [0.3, 0.4) is 0 Å². The van der Waals surface area contributed by atoms with E-state index in [4.69, 9.17) is 4.74 Å². The summed E-state index contributed by atoms with van der Waals surface area (Å²) in [7, 11) is 0. The van der Waals surface area contributed by atoms with Gasteiger partial charge in [-0.25, -0.2) is 0 Å². The Labute approximate surface area is 135 Å². The molecule has 1 amide bonds. The topological polar surface area (TPSA) is 32.8 Å². The van der Waals surface area contributed by atoms with E-state index in [1.54, 1.807) is 0 Å². The van der Waals surface area contributed by atoms with E-state index in [0.717, 1.165) is 58.2 Å². The molecule has 0 radical (unpaired) electrons. The van der Waals surface area contributed by atoms with Crippen molar-refractivity contribution in [2.45, 2.75) is 63.8 Å². The smallest absolute Gasteiger partial charge is 0.222 e. The van der Waals surface area contributed by atoms with Gasteiger partial charge in [0.25, 0.3) is 0 Å². The average Bonchev–Trinajstić information content (AvgIpc) is 2.83. The minimum Gasteiger partial charge on any atom is -0.381 e. The Hall–Kier alpha value is -0.610. The molecule has 3 aliphatic rings. The fourth-order valence-electron chi connectivity index (χ4n) is 4.34. The second kappa shape index (κ2) is 8.30. The SMILES string of the molecule is O=C(CC1CCCOC1)N1CCCN(C2CCCCC2)CC1. The molecule has 126 valence electrons. The van der Waals surface area contributed by atoms with Gasteiger partial charge in [-0.1, -0.05) is 19.3 Å². The molecule has 1 saturated carbocycles. The number of nitrogens with zero attached hydrogens (tertiary/aromatic N) is 2. The molecule has 4 nitrogen and oxygen atoms in total. The molecular formula is C18H32N2O2. The summed E-state index contributed by atoms with van der Waals surface area (Å²) in [5.41, 5.74) is 0. The maximum Gasteiger partial charge on any atom is 0.222 e. The van der Waals surface area contributed by atoms with Gasteiger partial charge in [0, 0.05) is 51.9 Å². The van der Waals surface area contributed by atoms with Crippen molar-refractivity contribution in [1.82, 2.24) is 9.80 Å². The Morgan fingerprint density at radius 3 is 2.55 bits per heavy atom. The largest absolute Gasteiger partial charge is 0.381 e. The van der Waals surface area contributed by atoms with Gasteiger partial charge >= 0.3 is 0 Å². The molecule has 1 aliphatic carbocycles. The third-order valence-corrected chi connectivity index (χ3v) is 5.69. The number of hydrogen-bond donors (Lipinski definition) is 0. The van der Waals surface area contributed by atoms with Gasteiger partial charge in [0.05, 0.1) is 0 Å². The molecule has 22 heavy (non-hydrogen) atoms. The molecule has 3 rings (SSSR count). The van der Waals surface area contributed by atoms with E-state index in [2.05, 4.69) is 9.80 Å². The van der Waals surface area contributed by atoms with Crippen molar-refractivity contribution >= 4 is 5.91 Å². The molecule has 0 aromatic carbocycles. The Kier molecular flexibility index (Phi) is 6.13. The number of ether oxygens (including phenoxy) is 1. The minimum atomic E-state index is 0.362. The summed E-state index contributed by atoms with van der Waals surface area (Å²) in [5, 5.41) is 0. The molecule has 0 aromatic heterocycles. The fourth-order valence-corrected chi connectivity index (χ4v) is 4.34. The molecule has 3 fully saturated rings. The first-order chi connectivity index (χ1) is 10.8. The van der Waals surface area contributed by atoms with Gasteiger partial charge in [0.2, 0.25) is 5.91 Å². The van der Waals surface area contributed by atoms with E-state index in [1.165, 1.54) is 38.6 Å². The number of amides is 1. The summed E-state index contributed by atoms with van der Waals surface area (Å²) in [6, 6.07) is 0.788. The highest BCUT2D eigenvalue weighted by Crippen LogP contribution is 2.24. The van der Waals surface area contributed by atoms with E-state index in [0.29, 0.717) is 18.2 Å². The maximum absolute atomic E-state index is 12.6. The van der Waals surface area contributed by atoms with Crippen molar-refractivity contribution in [3.05, 3.63) is 0 Å². The second-order valence-corrected chi connectivity index (χ2v) is 7.35. The number of rotatable bonds is 3. The van der Waals surface area contributed by atoms with Gasteiger partial charge in [0.1, 0.15) is 0 Å². The van der Waals surface area contributed by atoms with Crippen LogP contribution in [0.4, 0.5) is 0 Å². The van der Waals surface area contributed by atoms with Gasteiger partial charge < -0.3 is 9.64 Å². The van der Waals surface area contributed by atoms with Crippen molar-refractivity contribution < 1.29 is 9.53 Å². The zero-order valence-corrected chi connectivity index (χ0v) is 14.0. The zero-order valence-electron chi connectivity index (χ0n) is 14.0. The summed E-state index contributed by atoms with van der Waals surface area (Å²) < 4.78 is 5.51. The minimum absolute atomic E-state index is 0.362. The van der Waals surface area contributed by atoms with Gasteiger partial charge in [0.15, 0.2) is 0 Å². The van der Waals surface area contributed by atoms with Crippen LogP contribution < -0.4 is 0 Å². The van der Waals surface area contributed by atoms with E-state index in [-0.39, 0.29) is 0 Å². The van der Waals surface area contributed by atoms with Crippen LogP contribution in [0.5, 0.6) is 0 Å². The number of hydrogen-bond acceptors (Lipinski definition) is 3. The summed E-state index contributed by atoms with van der Waals surface area (Å²) in [4.78, 5) is 17.3. The van der Waals surface area contributed by atoms with Gasteiger partial charge in [-0.3, -0.25) is 9.69 Å². The van der Waals surface area contributed by atoms with Crippen molar-refractivity contribution in [2.24, 2.45) is 5.92 Å². The highest BCUT2D eigenvalue weighted by molar-refractivity contribution is 5.76. The Morgan fingerprint density at radius 1 is 0.909 bits per heavy atom. The van der Waals surface area contributed by atoms with E-state index < -0.39 is 0 Å². The van der Waals surface area contributed by atoms with Crippen LogP contribution in [0.15, 0.2) is 0 Å². The molecule has 0 bridgehead atoms. The van der Waals surface area contributed by atoms with Crippen molar-refractivity contribution in [3.8, 4) is 0 Å². The van der Waals surface area contributed by atoms with Crippen LogP contribution >= 0.6 is 0 Å². The van der Waals surface area contributed by atoms with Crippen molar-refractivity contribution in [3.63, 3.8) is 0 Å². The summed E-state index contributed by atoms with van der Waals surface area (Å²) in [6.07, 6.45) is 11.1. The van der Waals surface area contributed by atoms with Gasteiger partial charge in [-0.15, -0.1) is 0 Å². The molecule has 0 aromatic rings. The first kappa shape index (κ1) is 16.3. The molecule has 1 unspecified atom stereocenters. The third-order valence-electron chi connectivity index (χ3n) is 5.69. The summed E-state index contributed by atoms with van der Waals surface area (Å²) >= 11 is 0. The highest BCUT2D eigenvalue weighted by Gasteiger charge is 2.26. The molecule has 0 N–H and O–H groups in total. The van der Waals surface area contributed by atoms with Gasteiger partial charge in [-0.2, -0.15) is 0 Å². The van der Waals surface area contributed by atoms with Crippen LogP contribution in [0.2, 0.25) is 0 Å². The maximum atomic E-state index is 12.6. The predicted octanol–water partition coefficient (Wildman–Crippen LogP) is 2.67. The van der Waals surface area contributed by atoms with Crippen LogP contribution in [0, 0.1) is 5.92 Å². The molecular weight excluding hydrogens is 276 g/mol. The number of carbonyl (C=O) groups is 1. The van der Waals surface area contributed by atoms with Crippen molar-refractivity contribution in [2.75, 3.05) is 39.4 Å². The van der Waals surface area contributed by atoms with E-state index >= 15 is 0 Å². The molecule has 1 atom stereocenters. The standard InChI is InChI=1S/C18H32N2O2/c21-18(14-16-6-4-13-22-15-16)20-10-5-9-19(11-12-20)17-7-2-1-3-8-17/h16-17H,1-15H2. The first-order valence-corrected chi connectivity index (χ1v) is 9.42. The lowest BCUT2D eigenvalue weighted by Gasteiger charge is -2.33. The van der Waals surface area contributed by atoms with Gasteiger partial charge in [-0.05, 0) is 38.0 Å². The Morgan fingerprint density at radius 2 is 1.77 bits per heavy atom. The first-order valence-electron chi connectivity index (χ1n) is 9.42. The average molecular weight is 308 g/mol. The van der Waals surface area contributed by atoms with Crippen LogP contribution in [0.1, 0.15) is 57.8 Å². The summed E-state index contributed by atoms with van der Waals surface area (Å²) in [5.74, 6) is 0.819. The molecule has 4 heteroatoms. The third kappa shape index (κ3) is 4.45. The molecule has 2 saturated heterocycles. The lowest BCUT2D eigenvalue weighted by Crippen LogP contribution is -2.40. The van der Waals surface area contributed by atoms with E-state index in [9.17, 15) is 4.79 Å². The molecule has 2 heterocycles. The molecule has 2 aliphatic heterocycles. The second-order valence-electron chi connectivity index (χ2n) is 7.35. The lowest BCUT2D eigenvalue weighted by atomic mass is 9.94. The monoisotopic (exact) mass is 308 g/mol. The van der Waals surface area contributed by atoms with Crippen LogP contribution in [-0.2, 0) is 9.53 Å². The van der Waals surface area contributed by atoms with Crippen molar-refractivity contribution in [1.29, 1.82) is 0 Å². The van der Waals surface area contributed by atoms with E-state index in [1.807, 2.05) is 0 Å². The quantitative estimate of drug-likeness (QED) is 0.803. The highest BCUT2D eigenvalue weighted by atomic mass is 16.5. The fraction of sp³-hybridized carbons (Fsp3) is 0.944.